The lowest BCUT2D eigenvalue weighted by atomic mass is 9.97. The van der Waals surface area contributed by atoms with E-state index < -0.39 is 36.0 Å². The molecule has 0 aliphatic carbocycles. The molecule has 3 atom stereocenters. The molecule has 0 radical (unpaired) electrons. The van der Waals surface area contributed by atoms with E-state index in [0.29, 0.717) is 19.3 Å². The van der Waals surface area contributed by atoms with Crippen molar-refractivity contribution in [2.45, 2.75) is 92.5 Å². The van der Waals surface area contributed by atoms with Crippen molar-refractivity contribution in [1.29, 1.82) is 0 Å². The van der Waals surface area contributed by atoms with Crippen LogP contribution >= 0.6 is 0 Å². The van der Waals surface area contributed by atoms with E-state index in [1.807, 2.05) is 71.9 Å². The van der Waals surface area contributed by atoms with E-state index in [0.717, 1.165) is 5.56 Å². The van der Waals surface area contributed by atoms with Gasteiger partial charge in [-0.05, 0) is 55.6 Å². The number of hydrogen-bond donors (Lipinski definition) is 3. The van der Waals surface area contributed by atoms with Gasteiger partial charge in [0.05, 0.1) is 6.04 Å². The van der Waals surface area contributed by atoms with Crippen molar-refractivity contribution in [2.24, 2.45) is 17.8 Å². The molecule has 0 saturated heterocycles. The van der Waals surface area contributed by atoms with Gasteiger partial charge in [-0.3, -0.25) is 14.4 Å². The molecule has 0 aromatic heterocycles. The lowest BCUT2D eigenvalue weighted by Crippen LogP contribution is -2.56. The van der Waals surface area contributed by atoms with Crippen LogP contribution in [-0.2, 0) is 25.7 Å². The zero-order chi connectivity index (χ0) is 28.0. The Morgan fingerprint density at radius 2 is 1.19 bits per heavy atom. The fraction of sp³-hybridized carbons (Fsp3) is 0.586. The predicted molar refractivity (Wildman–Crippen MR) is 146 cm³/mol. The molecule has 206 valence electrons. The van der Waals surface area contributed by atoms with Crippen LogP contribution < -0.4 is 16.0 Å². The molecule has 0 unspecified atom stereocenters. The van der Waals surface area contributed by atoms with Crippen molar-refractivity contribution in [1.82, 2.24) is 16.0 Å². The average Bonchev–Trinajstić information content (AvgIpc) is 2.81. The van der Waals surface area contributed by atoms with Crippen LogP contribution in [0.4, 0.5) is 4.79 Å². The highest BCUT2D eigenvalue weighted by atomic mass is 16.5. The van der Waals surface area contributed by atoms with Crippen molar-refractivity contribution < 1.29 is 23.9 Å². The SMILES string of the molecule is C/C=C/C(=O)[C@H](CC(C)C)NC(=O)[C@H](CC(C)C)NC(=O)[C@H](CC(C)C)NC(=O)OCc1ccccc1. The van der Waals surface area contributed by atoms with Crippen molar-refractivity contribution in [2.75, 3.05) is 0 Å². The zero-order valence-corrected chi connectivity index (χ0v) is 23.4. The van der Waals surface area contributed by atoms with Gasteiger partial charge in [-0.15, -0.1) is 0 Å². The minimum Gasteiger partial charge on any atom is -0.445 e. The van der Waals surface area contributed by atoms with Crippen LogP contribution in [0.15, 0.2) is 42.5 Å². The Kier molecular flexibility index (Phi) is 14.3. The molecule has 0 saturated carbocycles. The molecular weight excluding hydrogens is 470 g/mol. The summed E-state index contributed by atoms with van der Waals surface area (Å²) < 4.78 is 5.29. The van der Waals surface area contributed by atoms with E-state index in [-0.39, 0.29) is 30.1 Å². The normalized spacial score (nSPS) is 13.9. The number of amides is 3. The molecule has 0 aliphatic heterocycles. The van der Waals surface area contributed by atoms with E-state index in [4.69, 9.17) is 4.74 Å². The highest BCUT2D eigenvalue weighted by Crippen LogP contribution is 2.12. The third kappa shape index (κ3) is 13.1. The van der Waals surface area contributed by atoms with Gasteiger partial charge in [-0.1, -0.05) is 78.0 Å². The molecule has 1 rings (SSSR count). The Hall–Kier alpha value is -3.16. The van der Waals surface area contributed by atoms with Gasteiger partial charge in [-0.25, -0.2) is 4.79 Å². The van der Waals surface area contributed by atoms with Gasteiger partial charge < -0.3 is 20.7 Å². The van der Waals surface area contributed by atoms with E-state index in [2.05, 4.69) is 16.0 Å². The topological polar surface area (TPSA) is 114 Å². The number of alkyl carbamates (subject to hydrolysis) is 1. The van der Waals surface area contributed by atoms with Crippen molar-refractivity contribution in [3.05, 3.63) is 48.0 Å². The summed E-state index contributed by atoms with van der Waals surface area (Å²) in [6.07, 6.45) is 3.64. The molecule has 1 aromatic carbocycles. The number of carbonyl (C=O) groups is 4. The zero-order valence-electron chi connectivity index (χ0n) is 23.4. The lowest BCUT2D eigenvalue weighted by Gasteiger charge is -2.27. The first-order valence-electron chi connectivity index (χ1n) is 13.2. The van der Waals surface area contributed by atoms with Gasteiger partial charge in [0.25, 0.3) is 0 Å². The largest absolute Gasteiger partial charge is 0.445 e. The molecule has 8 heteroatoms. The van der Waals surface area contributed by atoms with E-state index in [1.54, 1.807) is 13.0 Å². The van der Waals surface area contributed by atoms with Crippen LogP contribution in [0.5, 0.6) is 0 Å². The highest BCUT2D eigenvalue weighted by molar-refractivity contribution is 5.98. The number of ketones is 1. The van der Waals surface area contributed by atoms with Gasteiger partial charge in [0.2, 0.25) is 11.8 Å². The molecule has 37 heavy (non-hydrogen) atoms. The smallest absolute Gasteiger partial charge is 0.408 e. The second kappa shape index (κ2) is 16.6. The number of rotatable bonds is 15. The fourth-order valence-electron chi connectivity index (χ4n) is 3.86. The summed E-state index contributed by atoms with van der Waals surface area (Å²) in [5, 5.41) is 8.30. The molecule has 3 amide bonds. The first kappa shape index (κ1) is 31.9. The number of ether oxygens (including phenoxy) is 1. The lowest BCUT2D eigenvalue weighted by molar-refractivity contribution is -0.132. The van der Waals surface area contributed by atoms with Crippen LogP contribution in [0.3, 0.4) is 0 Å². The predicted octanol–water partition coefficient (Wildman–Crippen LogP) is 4.53. The second-order valence-electron chi connectivity index (χ2n) is 10.7. The quantitative estimate of drug-likeness (QED) is 0.297. The molecule has 0 bridgehead atoms. The standard InChI is InChI=1S/C29H45N3O5/c1-8-12-26(33)23(15-19(2)3)30-27(34)24(16-20(4)5)31-28(35)25(17-21(6)7)32-29(36)37-18-22-13-10-9-11-14-22/h8-14,19-21,23-25H,15-18H2,1-7H3,(H,30,34)(H,31,35)(H,32,36)/b12-8+/t23-,24-,25-/m0/s1. The summed E-state index contributed by atoms with van der Waals surface area (Å²) in [6.45, 7) is 13.6. The van der Waals surface area contributed by atoms with Gasteiger partial charge >= 0.3 is 6.09 Å². The average molecular weight is 516 g/mol. The van der Waals surface area contributed by atoms with Crippen LogP contribution in [0.25, 0.3) is 0 Å². The summed E-state index contributed by atoms with van der Waals surface area (Å²) in [5.41, 5.74) is 0.833. The number of nitrogens with one attached hydrogen (secondary N) is 3. The molecule has 0 fully saturated rings. The first-order valence-corrected chi connectivity index (χ1v) is 13.2. The third-order valence-electron chi connectivity index (χ3n) is 5.57. The Bertz CT molecular complexity index is 896. The molecule has 8 nitrogen and oxygen atoms in total. The number of benzene rings is 1. The molecular formula is C29H45N3O5. The number of allylic oxidation sites excluding steroid dienone is 1. The van der Waals surface area contributed by atoms with Gasteiger partial charge in [0, 0.05) is 0 Å². The maximum absolute atomic E-state index is 13.2. The number of carbonyl (C=O) groups excluding carboxylic acids is 4. The maximum atomic E-state index is 13.2. The van der Waals surface area contributed by atoms with Crippen molar-refractivity contribution >= 4 is 23.7 Å². The Morgan fingerprint density at radius 3 is 1.68 bits per heavy atom. The van der Waals surface area contributed by atoms with Gasteiger partial charge in [0.1, 0.15) is 18.7 Å². The van der Waals surface area contributed by atoms with Crippen LogP contribution in [-0.4, -0.2) is 41.8 Å². The second-order valence-corrected chi connectivity index (χ2v) is 10.7. The van der Waals surface area contributed by atoms with Crippen LogP contribution in [0.2, 0.25) is 0 Å². The van der Waals surface area contributed by atoms with Crippen molar-refractivity contribution in [3.63, 3.8) is 0 Å². The summed E-state index contributed by atoms with van der Waals surface area (Å²) in [5.74, 6) is -0.652. The van der Waals surface area contributed by atoms with Gasteiger partial charge in [0.15, 0.2) is 5.78 Å². The minimum atomic E-state index is -0.873. The van der Waals surface area contributed by atoms with E-state index in [1.165, 1.54) is 6.08 Å². The Morgan fingerprint density at radius 1 is 0.730 bits per heavy atom. The molecule has 0 heterocycles. The van der Waals surface area contributed by atoms with Gasteiger partial charge in [-0.2, -0.15) is 0 Å². The fourth-order valence-corrected chi connectivity index (χ4v) is 3.86. The van der Waals surface area contributed by atoms with Crippen LogP contribution in [0, 0.1) is 17.8 Å². The number of hydrogen-bond acceptors (Lipinski definition) is 5. The van der Waals surface area contributed by atoms with E-state index in [9.17, 15) is 19.2 Å². The summed E-state index contributed by atoms with van der Waals surface area (Å²) in [7, 11) is 0. The molecule has 0 aliphatic rings. The van der Waals surface area contributed by atoms with Crippen LogP contribution in [0.1, 0.15) is 73.3 Å². The molecule has 1 aromatic rings. The maximum Gasteiger partial charge on any atom is 0.408 e. The first-order chi connectivity index (χ1) is 17.4. The highest BCUT2D eigenvalue weighted by Gasteiger charge is 2.30. The minimum absolute atomic E-state index is 0.0819. The Balaban J connectivity index is 2.95. The summed E-state index contributed by atoms with van der Waals surface area (Å²) in [6, 6.07) is 6.86. The monoisotopic (exact) mass is 515 g/mol. The molecule has 3 N–H and O–H groups in total. The summed E-state index contributed by atoms with van der Waals surface area (Å²) in [4.78, 5) is 51.5. The van der Waals surface area contributed by atoms with Crippen molar-refractivity contribution in [3.8, 4) is 0 Å². The van der Waals surface area contributed by atoms with E-state index >= 15 is 0 Å². The third-order valence-corrected chi connectivity index (χ3v) is 5.57. The Labute approximate surface area is 222 Å². The summed E-state index contributed by atoms with van der Waals surface area (Å²) >= 11 is 0. The molecule has 0 spiro atoms.